The molecule has 1 N–H and O–H groups in total. The van der Waals surface area contributed by atoms with E-state index in [2.05, 4.69) is 20.5 Å². The largest absolute Gasteiger partial charge is 0.363 e. The predicted molar refractivity (Wildman–Crippen MR) is 94.8 cm³/mol. The fraction of sp³-hybridized carbons (Fsp3) is 0.312. The molecule has 0 bridgehead atoms. The van der Waals surface area contributed by atoms with Gasteiger partial charge < -0.3 is 4.90 Å². The van der Waals surface area contributed by atoms with Crippen LogP contribution in [0.25, 0.3) is 0 Å². The fourth-order valence-electron chi connectivity index (χ4n) is 1.89. The Kier molecular flexibility index (Phi) is 5.41. The Labute approximate surface area is 140 Å². The minimum atomic E-state index is -0.437. The number of nitrogens with zero attached hydrogens (tertiary/aromatic N) is 5. The lowest BCUT2D eigenvalue weighted by Crippen LogP contribution is -2.13. The second-order valence-electron chi connectivity index (χ2n) is 5.74. The van der Waals surface area contributed by atoms with Crippen molar-refractivity contribution in [1.82, 2.24) is 9.97 Å². The van der Waals surface area contributed by atoms with Crippen LogP contribution in [-0.4, -0.2) is 35.2 Å². The van der Waals surface area contributed by atoms with Crippen molar-refractivity contribution in [1.29, 1.82) is 0 Å². The Bertz CT molecular complexity index is 732. The van der Waals surface area contributed by atoms with Crippen LogP contribution < -0.4 is 10.3 Å². The maximum Gasteiger partial charge on any atom is 0.270 e. The minimum Gasteiger partial charge on any atom is -0.363 e. The molecule has 0 spiro atoms. The number of rotatable bonds is 6. The summed E-state index contributed by atoms with van der Waals surface area (Å²) in [6, 6.07) is 8.04. The smallest absolute Gasteiger partial charge is 0.270 e. The molecule has 0 atom stereocenters. The maximum atomic E-state index is 10.8. The lowest BCUT2D eigenvalue weighted by atomic mass is 10.2. The lowest BCUT2D eigenvalue weighted by Gasteiger charge is -2.15. The number of nitro groups is 1. The summed E-state index contributed by atoms with van der Waals surface area (Å²) in [6.45, 7) is 4.04. The molecule has 2 rings (SSSR count). The molecule has 0 amide bonds. The summed E-state index contributed by atoms with van der Waals surface area (Å²) >= 11 is 0. The molecule has 0 saturated carbocycles. The molecule has 24 heavy (non-hydrogen) atoms. The van der Waals surface area contributed by atoms with Gasteiger partial charge in [-0.05, 0) is 0 Å². The van der Waals surface area contributed by atoms with Gasteiger partial charge in [-0.2, -0.15) is 5.10 Å². The van der Waals surface area contributed by atoms with E-state index in [0.29, 0.717) is 17.2 Å². The van der Waals surface area contributed by atoms with E-state index in [1.807, 2.05) is 32.8 Å². The molecule has 0 saturated heterocycles. The summed E-state index contributed by atoms with van der Waals surface area (Å²) in [5.41, 5.74) is 3.51. The zero-order valence-electron chi connectivity index (χ0n) is 14.1. The summed E-state index contributed by atoms with van der Waals surface area (Å²) in [5.74, 6) is 2.25. The molecule has 0 unspecified atom stereocenters. The number of nitrogens with one attached hydrogen (secondary N) is 1. The molecule has 0 aliphatic heterocycles. The van der Waals surface area contributed by atoms with Crippen molar-refractivity contribution in [2.24, 2.45) is 5.10 Å². The highest BCUT2D eigenvalue weighted by Crippen LogP contribution is 2.18. The molecule has 0 aliphatic rings. The van der Waals surface area contributed by atoms with Gasteiger partial charge in [0.05, 0.1) is 11.1 Å². The van der Waals surface area contributed by atoms with Crippen LogP contribution in [0.3, 0.4) is 0 Å². The second kappa shape index (κ2) is 7.49. The van der Waals surface area contributed by atoms with Gasteiger partial charge in [-0.1, -0.05) is 26.0 Å². The topological polar surface area (TPSA) is 96.5 Å². The van der Waals surface area contributed by atoms with Crippen LogP contribution in [0, 0.1) is 10.1 Å². The molecule has 0 fully saturated rings. The molecule has 0 radical (unpaired) electrons. The zero-order valence-corrected chi connectivity index (χ0v) is 14.1. The van der Waals surface area contributed by atoms with Crippen LogP contribution in [0.1, 0.15) is 31.2 Å². The standard InChI is InChI=1S/C16H20N6O2/c1-11(2)16-18-14(9-15(19-16)21(3)4)20-17-10-12-6-5-7-13(8-12)22(23)24/h5-11H,1-4H3,(H,18,19,20)/b17-10-. The molecule has 1 aromatic carbocycles. The molecule has 8 heteroatoms. The summed E-state index contributed by atoms with van der Waals surface area (Å²) < 4.78 is 0. The normalized spacial score (nSPS) is 11.0. The number of anilines is 2. The first kappa shape index (κ1) is 17.3. The molecular weight excluding hydrogens is 308 g/mol. The summed E-state index contributed by atoms with van der Waals surface area (Å²) in [5, 5.41) is 14.9. The van der Waals surface area contributed by atoms with Gasteiger partial charge in [0.1, 0.15) is 11.6 Å². The average Bonchev–Trinajstić information content (AvgIpc) is 2.54. The Morgan fingerprint density at radius 2 is 2.04 bits per heavy atom. The number of hydrogen-bond acceptors (Lipinski definition) is 7. The molecular formula is C16H20N6O2. The maximum absolute atomic E-state index is 10.8. The van der Waals surface area contributed by atoms with Gasteiger partial charge in [-0.3, -0.25) is 15.5 Å². The van der Waals surface area contributed by atoms with Crippen molar-refractivity contribution in [3.05, 3.63) is 51.8 Å². The number of benzene rings is 1. The third-order valence-corrected chi connectivity index (χ3v) is 3.18. The number of non-ortho nitro benzene ring substituents is 1. The van der Waals surface area contributed by atoms with Crippen LogP contribution in [0.2, 0.25) is 0 Å². The van der Waals surface area contributed by atoms with E-state index < -0.39 is 4.92 Å². The first-order chi connectivity index (χ1) is 11.4. The third-order valence-electron chi connectivity index (χ3n) is 3.18. The van der Waals surface area contributed by atoms with Crippen LogP contribution in [0.15, 0.2) is 35.4 Å². The van der Waals surface area contributed by atoms with Gasteiger partial charge in [-0.25, -0.2) is 9.97 Å². The van der Waals surface area contributed by atoms with Crippen LogP contribution in [-0.2, 0) is 0 Å². The van der Waals surface area contributed by atoms with E-state index in [1.54, 1.807) is 18.2 Å². The van der Waals surface area contributed by atoms with E-state index in [1.165, 1.54) is 18.3 Å². The SMILES string of the molecule is CC(C)c1nc(N/N=C\c2cccc([N+](=O)[O-])c2)cc(N(C)C)n1. The van der Waals surface area contributed by atoms with Crippen molar-refractivity contribution >= 4 is 23.5 Å². The zero-order chi connectivity index (χ0) is 17.7. The molecule has 1 aromatic heterocycles. The Morgan fingerprint density at radius 1 is 1.29 bits per heavy atom. The van der Waals surface area contributed by atoms with E-state index in [-0.39, 0.29) is 11.6 Å². The van der Waals surface area contributed by atoms with E-state index in [9.17, 15) is 10.1 Å². The van der Waals surface area contributed by atoms with Crippen LogP contribution in [0.5, 0.6) is 0 Å². The van der Waals surface area contributed by atoms with Crippen molar-refractivity contribution in [2.45, 2.75) is 19.8 Å². The van der Waals surface area contributed by atoms with E-state index in [4.69, 9.17) is 0 Å². The monoisotopic (exact) mass is 328 g/mol. The van der Waals surface area contributed by atoms with Gasteiger partial charge in [-0.15, -0.1) is 0 Å². The summed E-state index contributed by atoms with van der Waals surface area (Å²) in [4.78, 5) is 21.1. The highest BCUT2D eigenvalue weighted by atomic mass is 16.6. The Balaban J connectivity index is 2.19. The van der Waals surface area contributed by atoms with E-state index in [0.717, 1.165) is 5.82 Å². The molecule has 2 aromatic rings. The third kappa shape index (κ3) is 4.48. The average molecular weight is 328 g/mol. The Morgan fingerprint density at radius 3 is 2.67 bits per heavy atom. The first-order valence-electron chi connectivity index (χ1n) is 7.46. The summed E-state index contributed by atoms with van der Waals surface area (Å²) in [7, 11) is 3.81. The van der Waals surface area contributed by atoms with E-state index >= 15 is 0 Å². The summed E-state index contributed by atoms with van der Waals surface area (Å²) in [6.07, 6.45) is 1.51. The predicted octanol–water partition coefficient (Wildman–Crippen LogP) is 3.02. The molecule has 126 valence electrons. The van der Waals surface area contributed by atoms with Crippen molar-refractivity contribution in [2.75, 3.05) is 24.4 Å². The van der Waals surface area contributed by atoms with Gasteiger partial charge >= 0.3 is 0 Å². The Hall–Kier alpha value is -3.03. The number of nitro benzene ring substituents is 1. The van der Waals surface area contributed by atoms with Crippen LogP contribution >= 0.6 is 0 Å². The highest BCUT2D eigenvalue weighted by Gasteiger charge is 2.09. The lowest BCUT2D eigenvalue weighted by molar-refractivity contribution is -0.384. The first-order valence-corrected chi connectivity index (χ1v) is 7.46. The van der Waals surface area contributed by atoms with Gasteiger partial charge in [0, 0.05) is 43.8 Å². The molecule has 8 nitrogen and oxygen atoms in total. The number of hydrogen-bond donors (Lipinski definition) is 1. The van der Waals surface area contributed by atoms with Gasteiger partial charge in [0.2, 0.25) is 0 Å². The number of aromatic nitrogens is 2. The van der Waals surface area contributed by atoms with Gasteiger partial charge in [0.15, 0.2) is 5.82 Å². The fourth-order valence-corrected chi connectivity index (χ4v) is 1.89. The van der Waals surface area contributed by atoms with Crippen molar-refractivity contribution in [3.63, 3.8) is 0 Å². The number of hydrazone groups is 1. The molecule has 0 aliphatic carbocycles. The van der Waals surface area contributed by atoms with Crippen molar-refractivity contribution in [3.8, 4) is 0 Å². The molecule has 1 heterocycles. The van der Waals surface area contributed by atoms with Crippen LogP contribution in [0.4, 0.5) is 17.3 Å². The van der Waals surface area contributed by atoms with Gasteiger partial charge in [0.25, 0.3) is 5.69 Å². The second-order valence-corrected chi connectivity index (χ2v) is 5.74. The highest BCUT2D eigenvalue weighted by molar-refractivity contribution is 5.81. The quantitative estimate of drug-likeness (QED) is 0.497. The van der Waals surface area contributed by atoms with Crippen molar-refractivity contribution < 1.29 is 4.92 Å². The minimum absolute atomic E-state index is 0.0259.